The average Bonchev–Trinajstić information content (AvgIpc) is 3.03. The van der Waals surface area contributed by atoms with E-state index in [1.54, 1.807) is 0 Å². The summed E-state index contributed by atoms with van der Waals surface area (Å²) in [5.74, 6) is -1.86. The number of nitrogens with one attached hydrogen (secondary N) is 1. The van der Waals surface area contributed by atoms with Crippen LogP contribution in [0.5, 0.6) is 0 Å². The number of amides is 1. The third-order valence-electron chi connectivity index (χ3n) is 5.40. The zero-order valence-electron chi connectivity index (χ0n) is 16.9. The number of hydrogen-bond donors (Lipinski definition) is 2. The predicted molar refractivity (Wildman–Crippen MR) is 110 cm³/mol. The third-order valence-corrected chi connectivity index (χ3v) is 6.57. The molecule has 2 aromatic rings. The molecule has 0 saturated heterocycles. The summed E-state index contributed by atoms with van der Waals surface area (Å²) in [7, 11) is 1.31. The number of fused-ring (bicyclic) bond motifs is 1. The minimum absolute atomic E-state index is 0.0118. The fourth-order valence-corrected chi connectivity index (χ4v) is 4.98. The Bertz CT molecular complexity index is 974. The van der Waals surface area contributed by atoms with E-state index < -0.39 is 17.8 Å². The van der Waals surface area contributed by atoms with Gasteiger partial charge in [0, 0.05) is 17.3 Å². The molecular formula is C21H24N2O5S. The monoisotopic (exact) mass is 416 g/mol. The van der Waals surface area contributed by atoms with Crippen LogP contribution < -0.4 is 5.32 Å². The smallest absolute Gasteiger partial charge is 0.341 e. The van der Waals surface area contributed by atoms with Gasteiger partial charge in [-0.2, -0.15) is 0 Å². The van der Waals surface area contributed by atoms with E-state index in [1.807, 2.05) is 0 Å². The van der Waals surface area contributed by atoms with E-state index >= 15 is 0 Å². The molecule has 0 fully saturated rings. The summed E-state index contributed by atoms with van der Waals surface area (Å²) < 4.78 is 4.96. The predicted octanol–water partition coefficient (Wildman–Crippen LogP) is 4.03. The molecule has 3 rings (SSSR count). The minimum atomic E-state index is -1.24. The molecule has 0 aromatic carbocycles. The van der Waals surface area contributed by atoms with Crippen LogP contribution >= 0.6 is 11.3 Å². The third kappa shape index (κ3) is 4.17. The molecule has 1 unspecified atom stereocenters. The Morgan fingerprint density at radius 2 is 2.00 bits per heavy atom. The lowest BCUT2D eigenvalue weighted by atomic mass is 9.72. The summed E-state index contributed by atoms with van der Waals surface area (Å²) in [6.45, 7) is 6.62. The maximum absolute atomic E-state index is 12.8. The largest absolute Gasteiger partial charge is 0.478 e. The number of rotatable bonds is 4. The van der Waals surface area contributed by atoms with Crippen molar-refractivity contribution in [3.63, 3.8) is 0 Å². The number of anilines is 1. The van der Waals surface area contributed by atoms with Crippen LogP contribution in [0, 0.1) is 11.3 Å². The first-order chi connectivity index (χ1) is 13.6. The van der Waals surface area contributed by atoms with Crippen LogP contribution in [-0.2, 0) is 17.6 Å². The molecule has 1 amide bonds. The minimum Gasteiger partial charge on any atom is -0.478 e. The fourth-order valence-electron chi connectivity index (χ4n) is 3.66. The lowest BCUT2D eigenvalue weighted by molar-refractivity contribution is 0.0599. The summed E-state index contributed by atoms with van der Waals surface area (Å²) in [5.41, 5.74) is 1.23. The van der Waals surface area contributed by atoms with Crippen LogP contribution in [0.15, 0.2) is 18.5 Å². The Hall–Kier alpha value is -2.74. The van der Waals surface area contributed by atoms with Crippen LogP contribution in [0.4, 0.5) is 5.00 Å². The highest BCUT2D eigenvalue weighted by molar-refractivity contribution is 7.17. The second-order valence-electron chi connectivity index (χ2n) is 8.19. The topological polar surface area (TPSA) is 106 Å². The molecule has 2 aromatic heterocycles. The zero-order valence-corrected chi connectivity index (χ0v) is 17.7. The number of pyridine rings is 1. The van der Waals surface area contributed by atoms with Gasteiger partial charge in [0.05, 0.1) is 23.8 Å². The Morgan fingerprint density at radius 1 is 1.28 bits per heavy atom. The van der Waals surface area contributed by atoms with Crippen molar-refractivity contribution in [2.24, 2.45) is 11.3 Å². The molecule has 8 heteroatoms. The normalized spacial score (nSPS) is 16.1. The first-order valence-corrected chi connectivity index (χ1v) is 10.2. The van der Waals surface area contributed by atoms with E-state index in [0.717, 1.165) is 35.9 Å². The number of hydrogen-bond acceptors (Lipinski definition) is 6. The lowest BCUT2D eigenvalue weighted by Crippen LogP contribution is -2.26. The number of thiophene rings is 1. The summed E-state index contributed by atoms with van der Waals surface area (Å²) in [4.78, 5) is 41.5. The van der Waals surface area contributed by atoms with E-state index in [0.29, 0.717) is 16.5 Å². The maximum atomic E-state index is 12.8. The number of aromatic carboxylic acids is 1. The number of esters is 1. The van der Waals surface area contributed by atoms with Gasteiger partial charge >= 0.3 is 11.9 Å². The summed E-state index contributed by atoms with van der Waals surface area (Å²) >= 11 is 1.37. The highest BCUT2D eigenvalue weighted by Gasteiger charge is 2.34. The number of methoxy groups -OCH3 is 1. The van der Waals surface area contributed by atoms with Gasteiger partial charge in [0.25, 0.3) is 5.91 Å². The van der Waals surface area contributed by atoms with E-state index in [1.165, 1.54) is 30.7 Å². The van der Waals surface area contributed by atoms with Gasteiger partial charge < -0.3 is 15.2 Å². The standard InChI is InChI=1S/C21H24N2O5S/c1-21(2,3)11-5-6-13-15(9-11)29-18(16(13)20(27)28-4)23-17(24)12-7-8-22-10-14(12)19(25)26/h7-8,10-11H,5-6,9H2,1-4H3,(H,23,24)(H,25,26). The van der Waals surface area contributed by atoms with Crippen LogP contribution in [0.3, 0.4) is 0 Å². The number of carbonyl (C=O) groups is 3. The van der Waals surface area contributed by atoms with Gasteiger partial charge in [-0.1, -0.05) is 20.8 Å². The van der Waals surface area contributed by atoms with Crippen molar-refractivity contribution in [2.45, 2.75) is 40.0 Å². The Morgan fingerprint density at radius 3 is 2.62 bits per heavy atom. The Labute approximate surface area is 173 Å². The molecule has 154 valence electrons. The summed E-state index contributed by atoms with van der Waals surface area (Å²) in [6, 6.07) is 1.35. The Kier molecular flexibility index (Phi) is 5.75. The van der Waals surface area contributed by atoms with Gasteiger partial charge in [-0.15, -0.1) is 11.3 Å². The molecule has 29 heavy (non-hydrogen) atoms. The first kappa shape index (κ1) is 21.0. The van der Waals surface area contributed by atoms with E-state index in [9.17, 15) is 19.5 Å². The molecule has 0 bridgehead atoms. The van der Waals surface area contributed by atoms with Crippen molar-refractivity contribution >= 4 is 34.2 Å². The van der Waals surface area contributed by atoms with Crippen LogP contribution in [0.25, 0.3) is 0 Å². The SMILES string of the molecule is COC(=O)c1c(NC(=O)c2ccncc2C(=O)O)sc2c1CCC(C(C)(C)C)C2. The molecule has 1 aliphatic carbocycles. The molecule has 0 spiro atoms. The quantitative estimate of drug-likeness (QED) is 0.729. The van der Waals surface area contributed by atoms with Gasteiger partial charge in [-0.25, -0.2) is 9.59 Å². The Balaban J connectivity index is 1.98. The number of aromatic nitrogens is 1. The maximum Gasteiger partial charge on any atom is 0.341 e. The van der Waals surface area contributed by atoms with Crippen LogP contribution in [0.2, 0.25) is 0 Å². The summed E-state index contributed by atoms with van der Waals surface area (Å²) in [5, 5.41) is 12.4. The second kappa shape index (κ2) is 7.94. The molecule has 7 nitrogen and oxygen atoms in total. The molecule has 0 radical (unpaired) electrons. The van der Waals surface area contributed by atoms with Gasteiger partial charge in [0.2, 0.25) is 0 Å². The van der Waals surface area contributed by atoms with Gasteiger partial charge in [-0.3, -0.25) is 9.78 Å². The van der Waals surface area contributed by atoms with Gasteiger partial charge in [0.1, 0.15) is 5.00 Å². The number of carboxylic acid groups (broad SMARTS) is 1. The van der Waals surface area contributed by atoms with Crippen molar-refractivity contribution in [3.8, 4) is 0 Å². The fraction of sp³-hybridized carbons (Fsp3) is 0.429. The molecule has 1 atom stereocenters. The van der Waals surface area contributed by atoms with Crippen LogP contribution in [-0.4, -0.2) is 35.0 Å². The highest BCUT2D eigenvalue weighted by atomic mass is 32.1. The molecule has 2 N–H and O–H groups in total. The van der Waals surface area contributed by atoms with Crippen molar-refractivity contribution in [1.29, 1.82) is 0 Å². The average molecular weight is 416 g/mol. The molecule has 0 saturated carbocycles. The molecule has 2 heterocycles. The van der Waals surface area contributed by atoms with E-state index in [4.69, 9.17) is 4.74 Å². The van der Waals surface area contributed by atoms with Gasteiger partial charge in [-0.05, 0) is 42.2 Å². The number of nitrogens with zero attached hydrogens (tertiary/aromatic N) is 1. The second-order valence-corrected chi connectivity index (χ2v) is 9.29. The van der Waals surface area contributed by atoms with E-state index in [2.05, 4.69) is 31.1 Å². The van der Waals surface area contributed by atoms with Crippen molar-refractivity contribution in [1.82, 2.24) is 4.98 Å². The van der Waals surface area contributed by atoms with Crippen molar-refractivity contribution in [2.75, 3.05) is 12.4 Å². The highest BCUT2D eigenvalue weighted by Crippen LogP contribution is 2.44. The van der Waals surface area contributed by atoms with Crippen molar-refractivity contribution in [3.05, 3.63) is 45.6 Å². The lowest BCUT2D eigenvalue weighted by Gasteiger charge is -2.33. The summed E-state index contributed by atoms with van der Waals surface area (Å²) in [6.07, 6.45) is 5.02. The van der Waals surface area contributed by atoms with Crippen LogP contribution in [0.1, 0.15) is 68.7 Å². The molecular weight excluding hydrogens is 392 g/mol. The van der Waals surface area contributed by atoms with E-state index in [-0.39, 0.29) is 16.5 Å². The molecule has 1 aliphatic rings. The number of ether oxygens (including phenoxy) is 1. The first-order valence-electron chi connectivity index (χ1n) is 9.35. The number of carbonyl (C=O) groups excluding carboxylic acids is 2. The van der Waals surface area contributed by atoms with Crippen molar-refractivity contribution < 1.29 is 24.2 Å². The zero-order chi connectivity index (χ0) is 21.3. The number of carboxylic acids is 1. The van der Waals surface area contributed by atoms with Gasteiger partial charge in [0.15, 0.2) is 0 Å². The molecule has 0 aliphatic heterocycles.